The molecule has 1 heterocycles. The van der Waals surface area contributed by atoms with Crippen LogP contribution in [0.1, 0.15) is 41.8 Å². The zero-order valence-corrected chi connectivity index (χ0v) is 20.9. The van der Waals surface area contributed by atoms with Crippen molar-refractivity contribution in [3.05, 3.63) is 120 Å². The molecule has 33 heavy (non-hydrogen) atoms. The lowest BCUT2D eigenvalue weighted by Crippen LogP contribution is -2.20. The maximum absolute atomic E-state index is 6.84. The highest BCUT2D eigenvalue weighted by Gasteiger charge is 2.50. The Morgan fingerprint density at radius 2 is 1.18 bits per heavy atom. The average Bonchev–Trinajstić information content (AvgIpc) is 3.05. The molecule has 0 aromatic heterocycles. The molecule has 5 rings (SSSR count). The molecule has 3 atom stereocenters. The van der Waals surface area contributed by atoms with Crippen LogP contribution in [-0.2, 0) is 16.3 Å². The van der Waals surface area contributed by atoms with Crippen LogP contribution in [0.3, 0.4) is 0 Å². The molecule has 0 amide bonds. The van der Waals surface area contributed by atoms with E-state index in [2.05, 4.69) is 133 Å². The predicted molar refractivity (Wildman–Crippen MR) is 142 cm³/mol. The maximum atomic E-state index is 6.84. The van der Waals surface area contributed by atoms with Gasteiger partial charge >= 0.3 is 0 Å². The Balaban J connectivity index is 1.52. The highest BCUT2D eigenvalue weighted by molar-refractivity contribution is 8.10. The second-order valence-electron chi connectivity index (χ2n) is 8.70. The summed E-state index contributed by atoms with van der Waals surface area (Å²) in [7, 11) is 4.26. The first-order valence-corrected chi connectivity index (χ1v) is 14.0. The molecular formula is C28H29N2OPS. The molecule has 4 aromatic rings. The summed E-state index contributed by atoms with van der Waals surface area (Å²) in [5.41, 5.74) is 3.67. The molecule has 0 N–H and O–H groups in total. The lowest BCUT2D eigenvalue weighted by Gasteiger charge is -2.33. The topological polar surface area (TPSA) is 15.7 Å². The fourth-order valence-electron chi connectivity index (χ4n) is 4.92. The molecular weight excluding hydrogens is 443 g/mol. The third kappa shape index (κ3) is 4.07. The van der Waals surface area contributed by atoms with E-state index in [-0.39, 0.29) is 18.2 Å². The summed E-state index contributed by atoms with van der Waals surface area (Å²) < 4.78 is 11.5. The molecule has 1 aliphatic rings. The molecule has 0 radical (unpaired) electrons. The van der Waals surface area contributed by atoms with E-state index in [9.17, 15) is 0 Å². The van der Waals surface area contributed by atoms with Gasteiger partial charge in [-0.1, -0.05) is 97.1 Å². The summed E-state index contributed by atoms with van der Waals surface area (Å²) in [6.07, 6.45) is -0.115. The molecule has 1 fully saturated rings. The van der Waals surface area contributed by atoms with Gasteiger partial charge in [0.1, 0.15) is 0 Å². The van der Waals surface area contributed by atoms with Crippen LogP contribution >= 0.6 is 6.57 Å². The summed E-state index contributed by atoms with van der Waals surface area (Å²) in [5.74, 6) is 0. The summed E-state index contributed by atoms with van der Waals surface area (Å²) in [5, 5.41) is 2.46. The summed E-state index contributed by atoms with van der Waals surface area (Å²) in [6.45, 7) is -0.359. The Hall–Kier alpha value is -2.33. The Morgan fingerprint density at radius 1 is 0.697 bits per heavy atom. The quantitative estimate of drug-likeness (QED) is 0.279. The second kappa shape index (κ2) is 9.13. The molecule has 0 spiro atoms. The monoisotopic (exact) mass is 472 g/mol. The van der Waals surface area contributed by atoms with Crippen LogP contribution in [0, 0.1) is 0 Å². The van der Waals surface area contributed by atoms with E-state index in [4.69, 9.17) is 16.3 Å². The molecule has 3 nitrogen and oxygen atoms in total. The Bertz CT molecular complexity index is 1240. The third-order valence-corrected chi connectivity index (χ3v) is 11.2. The van der Waals surface area contributed by atoms with Crippen LogP contribution in [0.4, 0.5) is 0 Å². The fraction of sp³-hybridized carbons (Fsp3) is 0.214. The first kappa shape index (κ1) is 22.5. The summed E-state index contributed by atoms with van der Waals surface area (Å²) >= 11 is 6.38. The van der Waals surface area contributed by atoms with Gasteiger partial charge in [0.25, 0.3) is 0 Å². The van der Waals surface area contributed by atoms with Gasteiger partial charge in [-0.2, -0.15) is 0 Å². The number of benzene rings is 4. The zero-order chi connectivity index (χ0) is 23.0. The Labute approximate surface area is 201 Å². The van der Waals surface area contributed by atoms with Gasteiger partial charge in [-0.3, -0.25) is 0 Å². The van der Waals surface area contributed by atoms with Crippen molar-refractivity contribution in [1.29, 1.82) is 0 Å². The highest BCUT2D eigenvalue weighted by atomic mass is 32.5. The molecule has 168 valence electrons. The van der Waals surface area contributed by atoms with Crippen molar-refractivity contribution in [2.45, 2.75) is 25.1 Å². The second-order valence-corrected chi connectivity index (χ2v) is 12.6. The van der Waals surface area contributed by atoms with Crippen molar-refractivity contribution in [3.8, 4) is 0 Å². The van der Waals surface area contributed by atoms with Crippen LogP contribution < -0.4 is 0 Å². The van der Waals surface area contributed by atoms with Crippen molar-refractivity contribution in [2.24, 2.45) is 0 Å². The van der Waals surface area contributed by atoms with Gasteiger partial charge in [0, 0.05) is 0 Å². The number of fused-ring (bicyclic) bond motifs is 1. The Morgan fingerprint density at radius 3 is 1.73 bits per heavy atom. The average molecular weight is 473 g/mol. The molecule has 0 bridgehead atoms. The van der Waals surface area contributed by atoms with Crippen molar-refractivity contribution in [3.63, 3.8) is 0 Å². The number of hydrogen-bond donors (Lipinski definition) is 0. The first-order valence-electron chi connectivity index (χ1n) is 11.3. The van der Waals surface area contributed by atoms with E-state index in [1.54, 1.807) is 0 Å². The Kier molecular flexibility index (Phi) is 6.22. The maximum Gasteiger partial charge on any atom is 0.204 e. The van der Waals surface area contributed by atoms with Crippen molar-refractivity contribution >= 4 is 29.1 Å². The van der Waals surface area contributed by atoms with Crippen molar-refractivity contribution < 1.29 is 4.52 Å². The van der Waals surface area contributed by atoms with Crippen LogP contribution in [0.15, 0.2) is 103 Å². The predicted octanol–water partition coefficient (Wildman–Crippen LogP) is 7.50. The first-order chi connectivity index (χ1) is 16.0. The van der Waals surface area contributed by atoms with E-state index < -0.39 is 6.57 Å². The summed E-state index contributed by atoms with van der Waals surface area (Å²) in [6, 6.07) is 36.5. The van der Waals surface area contributed by atoms with Crippen LogP contribution in [0.2, 0.25) is 0 Å². The SMILES string of the molecule is C[C@@H](OP1(=S)N(C)[C@H](c2ccccc2)[C@@H](c2ccccc2)N1C)c1ccc2ccccc2c1. The normalized spacial score (nSPS) is 21.9. The highest BCUT2D eigenvalue weighted by Crippen LogP contribution is 2.70. The molecule has 0 saturated carbocycles. The fourth-order valence-corrected chi connectivity index (χ4v) is 8.34. The van der Waals surface area contributed by atoms with Crippen molar-refractivity contribution in [2.75, 3.05) is 14.1 Å². The van der Waals surface area contributed by atoms with Gasteiger partial charge in [-0.25, -0.2) is 9.34 Å². The van der Waals surface area contributed by atoms with E-state index in [1.807, 2.05) is 0 Å². The lowest BCUT2D eigenvalue weighted by molar-refractivity contribution is 0.221. The molecule has 0 aliphatic carbocycles. The number of likely N-dealkylation sites (N-methyl/N-ethyl adjacent to an activating group) is 2. The van der Waals surface area contributed by atoms with Crippen LogP contribution in [0.5, 0.6) is 0 Å². The van der Waals surface area contributed by atoms with Gasteiger partial charge in [0.05, 0.1) is 18.2 Å². The minimum Gasteiger partial charge on any atom is -0.319 e. The van der Waals surface area contributed by atoms with Gasteiger partial charge in [-0.15, -0.1) is 0 Å². The van der Waals surface area contributed by atoms with E-state index in [0.29, 0.717) is 0 Å². The van der Waals surface area contributed by atoms with Gasteiger partial charge < -0.3 is 4.52 Å². The zero-order valence-electron chi connectivity index (χ0n) is 19.2. The van der Waals surface area contributed by atoms with E-state index in [0.717, 1.165) is 5.56 Å². The van der Waals surface area contributed by atoms with Gasteiger partial charge in [-0.05, 0) is 66.4 Å². The van der Waals surface area contributed by atoms with E-state index in [1.165, 1.54) is 21.9 Å². The largest absolute Gasteiger partial charge is 0.319 e. The van der Waals surface area contributed by atoms with Crippen LogP contribution in [-0.4, -0.2) is 23.4 Å². The number of hydrogen-bond acceptors (Lipinski definition) is 2. The lowest BCUT2D eigenvalue weighted by atomic mass is 9.93. The molecule has 1 saturated heterocycles. The molecule has 5 heteroatoms. The molecule has 1 aliphatic heterocycles. The standard InChI is InChI=1S/C28H29N2OPS/c1-21(25-19-18-22-12-10-11-17-26(22)20-25)31-32(33)29(2)27(23-13-6-4-7-14-23)28(30(32)3)24-15-8-5-9-16-24/h4-21,27-28H,1-3H3/t21-,27-,28-/m1/s1. The third-order valence-electron chi connectivity index (χ3n) is 6.72. The van der Waals surface area contributed by atoms with Crippen LogP contribution in [0.25, 0.3) is 10.8 Å². The molecule has 4 aromatic carbocycles. The number of rotatable bonds is 5. The van der Waals surface area contributed by atoms with Gasteiger partial charge in [0.15, 0.2) is 0 Å². The minimum absolute atomic E-state index is 0.115. The van der Waals surface area contributed by atoms with Gasteiger partial charge in [0.2, 0.25) is 6.57 Å². The van der Waals surface area contributed by atoms with Crippen molar-refractivity contribution in [1.82, 2.24) is 9.34 Å². The smallest absolute Gasteiger partial charge is 0.204 e. The minimum atomic E-state index is -2.48. The molecule has 0 unspecified atom stereocenters. The van der Waals surface area contributed by atoms with E-state index >= 15 is 0 Å². The number of nitrogens with zero attached hydrogens (tertiary/aromatic N) is 2. The summed E-state index contributed by atoms with van der Waals surface area (Å²) in [4.78, 5) is 0.